The Morgan fingerprint density at radius 1 is 1.11 bits per heavy atom. The number of carbonyl (C=O) groups is 2. The molecule has 180 valence electrons. The maximum absolute atomic E-state index is 12.7. The van der Waals surface area contributed by atoms with Crippen molar-refractivity contribution >= 4 is 67.2 Å². The van der Waals surface area contributed by atoms with Crippen LogP contribution < -0.4 is 10.2 Å². The normalized spacial score (nSPS) is 11.4. The fourth-order valence-corrected chi connectivity index (χ4v) is 4.55. The second-order valence-electron chi connectivity index (χ2n) is 8.14. The van der Waals surface area contributed by atoms with Crippen LogP contribution >= 0.6 is 27.5 Å². The molecule has 0 aliphatic heterocycles. The van der Waals surface area contributed by atoms with E-state index in [2.05, 4.69) is 36.0 Å². The van der Waals surface area contributed by atoms with E-state index < -0.39 is 11.7 Å². The minimum Gasteiger partial charge on any atom is -0.497 e. The molecule has 0 bridgehead atoms. The molecule has 9 heteroatoms. The summed E-state index contributed by atoms with van der Waals surface area (Å²) in [6.07, 6.45) is 4.99. The molecule has 0 aliphatic carbocycles. The van der Waals surface area contributed by atoms with Crippen LogP contribution in [-0.2, 0) is 11.3 Å². The first-order valence-electron chi connectivity index (χ1n) is 11.0. The van der Waals surface area contributed by atoms with E-state index in [4.69, 9.17) is 16.3 Å². The molecule has 0 spiro atoms. The van der Waals surface area contributed by atoms with Gasteiger partial charge in [0, 0.05) is 55.8 Å². The summed E-state index contributed by atoms with van der Waals surface area (Å²) in [6.45, 7) is 0.620. The van der Waals surface area contributed by atoms with Crippen LogP contribution in [0.25, 0.3) is 21.8 Å². The monoisotopic (exact) mass is 562 g/mol. The smallest absolute Gasteiger partial charge is 0.312 e. The Kier molecular flexibility index (Phi) is 6.63. The predicted molar refractivity (Wildman–Crippen MR) is 145 cm³/mol. The summed E-state index contributed by atoms with van der Waals surface area (Å²) in [4.78, 5) is 28.3. The van der Waals surface area contributed by atoms with Crippen LogP contribution in [-0.4, -0.2) is 34.6 Å². The number of methoxy groups -OCH3 is 1. The number of ketones is 1. The van der Waals surface area contributed by atoms with Crippen LogP contribution in [0.15, 0.2) is 82.6 Å². The van der Waals surface area contributed by atoms with Gasteiger partial charge in [-0.05, 0) is 54.1 Å². The molecule has 0 saturated heterocycles. The molecule has 0 fully saturated rings. The highest BCUT2D eigenvalue weighted by atomic mass is 79.9. The lowest BCUT2D eigenvalue weighted by Crippen LogP contribution is -2.27. The van der Waals surface area contributed by atoms with Crippen LogP contribution in [0.4, 0.5) is 0 Å². The maximum Gasteiger partial charge on any atom is 0.312 e. The highest BCUT2D eigenvalue weighted by Crippen LogP contribution is 2.27. The number of nitrogens with zero attached hydrogens (tertiary/aromatic N) is 2. The van der Waals surface area contributed by atoms with Gasteiger partial charge in [0.1, 0.15) is 5.75 Å². The van der Waals surface area contributed by atoms with Gasteiger partial charge in [0.25, 0.3) is 5.78 Å². The fourth-order valence-electron chi connectivity index (χ4n) is 4.07. The number of benzene rings is 3. The molecule has 7 nitrogen and oxygen atoms in total. The van der Waals surface area contributed by atoms with Gasteiger partial charge in [-0.3, -0.25) is 9.59 Å². The van der Waals surface area contributed by atoms with Crippen molar-refractivity contribution in [2.75, 3.05) is 7.11 Å². The molecule has 36 heavy (non-hydrogen) atoms. The lowest BCUT2D eigenvalue weighted by atomic mass is 10.1. The van der Waals surface area contributed by atoms with Gasteiger partial charge >= 0.3 is 5.91 Å². The third kappa shape index (κ3) is 4.78. The lowest BCUT2D eigenvalue weighted by Gasteiger charge is -2.06. The number of aromatic amines is 1. The average molecular weight is 564 g/mol. The zero-order valence-corrected chi connectivity index (χ0v) is 21.4. The van der Waals surface area contributed by atoms with Crippen molar-refractivity contribution in [1.82, 2.24) is 15.0 Å². The number of Topliss-reactive ketones (excluding diaryl/α,β-unsaturated/α-hetero) is 1. The number of carbonyl (C=O) groups excluding carboxylic acids is 2. The molecular formula is C27H20BrClN4O3. The Morgan fingerprint density at radius 3 is 2.69 bits per heavy atom. The summed E-state index contributed by atoms with van der Waals surface area (Å²) in [6, 6.07) is 18.9. The van der Waals surface area contributed by atoms with Crippen LogP contribution in [0.3, 0.4) is 0 Å². The third-order valence-electron chi connectivity index (χ3n) is 5.85. The van der Waals surface area contributed by atoms with Crippen molar-refractivity contribution in [3.63, 3.8) is 0 Å². The number of nitrogens with one attached hydrogen (secondary N) is 2. The van der Waals surface area contributed by atoms with Gasteiger partial charge in [-0.1, -0.05) is 39.7 Å². The van der Waals surface area contributed by atoms with E-state index in [-0.39, 0.29) is 5.56 Å². The van der Waals surface area contributed by atoms with Gasteiger partial charge in [-0.25, -0.2) is 5.43 Å². The molecule has 2 aromatic heterocycles. The van der Waals surface area contributed by atoms with Crippen molar-refractivity contribution < 1.29 is 14.3 Å². The van der Waals surface area contributed by atoms with Gasteiger partial charge < -0.3 is 14.3 Å². The summed E-state index contributed by atoms with van der Waals surface area (Å²) < 4.78 is 8.28. The van der Waals surface area contributed by atoms with E-state index in [1.807, 2.05) is 60.8 Å². The van der Waals surface area contributed by atoms with Gasteiger partial charge in [0.05, 0.1) is 18.9 Å². The predicted octanol–water partition coefficient (Wildman–Crippen LogP) is 5.93. The highest BCUT2D eigenvalue weighted by molar-refractivity contribution is 9.10. The summed E-state index contributed by atoms with van der Waals surface area (Å²) >= 11 is 9.41. The number of amides is 1. The highest BCUT2D eigenvalue weighted by Gasteiger charge is 2.20. The number of hydrogen-bond acceptors (Lipinski definition) is 4. The van der Waals surface area contributed by atoms with Gasteiger partial charge in [0.15, 0.2) is 0 Å². The number of fused-ring (bicyclic) bond motifs is 2. The lowest BCUT2D eigenvalue weighted by molar-refractivity contribution is -0.116. The molecule has 0 saturated carbocycles. The number of hydrazone groups is 1. The van der Waals surface area contributed by atoms with E-state index in [0.29, 0.717) is 22.7 Å². The number of aromatic nitrogens is 2. The topological polar surface area (TPSA) is 88.5 Å². The molecule has 0 unspecified atom stereocenters. The van der Waals surface area contributed by atoms with Crippen molar-refractivity contribution in [1.29, 1.82) is 0 Å². The van der Waals surface area contributed by atoms with Crippen LogP contribution in [0.1, 0.15) is 21.5 Å². The Labute approximate surface area is 219 Å². The summed E-state index contributed by atoms with van der Waals surface area (Å²) in [5.74, 6) is -0.802. The van der Waals surface area contributed by atoms with E-state index in [9.17, 15) is 9.59 Å². The van der Waals surface area contributed by atoms with Crippen LogP contribution in [0.5, 0.6) is 5.75 Å². The average Bonchev–Trinajstić information content (AvgIpc) is 3.45. The number of ether oxygens (including phenoxy) is 1. The number of hydrogen-bond donors (Lipinski definition) is 2. The number of H-pyrrole nitrogens is 1. The molecule has 1 amide bonds. The minimum atomic E-state index is -0.824. The summed E-state index contributed by atoms with van der Waals surface area (Å²) in [5, 5.41) is 6.31. The fraction of sp³-hybridized carbons (Fsp3) is 0.0741. The van der Waals surface area contributed by atoms with E-state index in [1.54, 1.807) is 13.2 Å². The van der Waals surface area contributed by atoms with Gasteiger partial charge in [0.2, 0.25) is 0 Å². The zero-order chi connectivity index (χ0) is 25.2. The zero-order valence-electron chi connectivity index (χ0n) is 19.1. The summed E-state index contributed by atoms with van der Waals surface area (Å²) in [7, 11) is 1.61. The molecule has 5 rings (SSSR count). The largest absolute Gasteiger partial charge is 0.497 e. The van der Waals surface area contributed by atoms with E-state index >= 15 is 0 Å². The molecule has 3 aromatic carbocycles. The Balaban J connectivity index is 1.39. The number of halogens is 2. The van der Waals surface area contributed by atoms with Crippen molar-refractivity contribution in [3.05, 3.63) is 99.2 Å². The second-order valence-corrected chi connectivity index (χ2v) is 9.49. The van der Waals surface area contributed by atoms with E-state index in [0.717, 1.165) is 32.0 Å². The molecule has 0 radical (unpaired) electrons. The number of rotatable bonds is 7. The molecule has 2 N–H and O–H groups in total. The molecular weight excluding hydrogens is 544 g/mol. The standard InChI is InChI=1S/C27H20BrClN4O3/c1-36-20-7-9-25-21(11-20)17(15-33(25)14-16-2-5-19(29)6-3-16)12-31-32-27(35)26(34)23-13-30-24-8-4-18(28)10-22(23)24/h2-13,15,30H,14H2,1H3,(H,32,35)/b31-12+. The van der Waals surface area contributed by atoms with Crippen LogP contribution in [0, 0.1) is 0 Å². The Hall–Kier alpha value is -3.88. The molecule has 2 heterocycles. The van der Waals surface area contributed by atoms with Crippen molar-refractivity contribution in [3.8, 4) is 5.75 Å². The maximum atomic E-state index is 12.7. The Morgan fingerprint density at radius 2 is 1.92 bits per heavy atom. The van der Waals surface area contributed by atoms with E-state index in [1.165, 1.54) is 12.4 Å². The second kappa shape index (κ2) is 10.0. The van der Waals surface area contributed by atoms with Gasteiger partial charge in [-0.2, -0.15) is 5.10 Å². The third-order valence-corrected chi connectivity index (χ3v) is 6.59. The molecule has 0 aliphatic rings. The summed E-state index contributed by atoms with van der Waals surface area (Å²) in [5.41, 5.74) is 6.22. The van der Waals surface area contributed by atoms with Crippen LogP contribution in [0.2, 0.25) is 5.02 Å². The first-order chi connectivity index (χ1) is 17.4. The minimum absolute atomic E-state index is 0.281. The Bertz CT molecular complexity index is 1640. The SMILES string of the molecule is COc1ccc2c(c1)c(/C=N/NC(=O)C(=O)c1c[nH]c3ccc(Br)cc13)cn2Cc1ccc(Cl)cc1. The quantitative estimate of drug-likeness (QED) is 0.111. The first-order valence-corrected chi connectivity index (χ1v) is 12.2. The van der Waals surface area contributed by atoms with Crippen molar-refractivity contribution in [2.24, 2.45) is 5.10 Å². The van der Waals surface area contributed by atoms with Crippen molar-refractivity contribution in [2.45, 2.75) is 6.54 Å². The molecule has 0 atom stereocenters. The molecule has 5 aromatic rings. The first kappa shape index (κ1) is 23.8. The van der Waals surface area contributed by atoms with Gasteiger partial charge in [-0.15, -0.1) is 0 Å².